The van der Waals surface area contributed by atoms with Gasteiger partial charge in [-0.1, -0.05) is 17.7 Å². The van der Waals surface area contributed by atoms with E-state index in [9.17, 15) is 23.1 Å². The Labute approximate surface area is 157 Å². The van der Waals surface area contributed by atoms with E-state index in [0.29, 0.717) is 24.3 Å². The Balaban J connectivity index is 1.95. The van der Waals surface area contributed by atoms with Crippen molar-refractivity contribution in [2.75, 3.05) is 23.3 Å². The molecule has 0 atom stereocenters. The molecule has 0 aromatic heterocycles. The van der Waals surface area contributed by atoms with Gasteiger partial charge in [0.1, 0.15) is 0 Å². The number of amides is 1. The fraction of sp³-hybridized carbons (Fsp3) is 0.222. The molecule has 0 bridgehead atoms. The molecule has 1 heterocycles. The molecule has 2 aromatic rings. The average Bonchev–Trinajstić information content (AvgIpc) is 2.57. The summed E-state index contributed by atoms with van der Waals surface area (Å²) >= 11 is 5.86. The summed E-state index contributed by atoms with van der Waals surface area (Å²) in [6, 6.07) is 7.95. The molecule has 5 nitrogen and oxygen atoms in total. The molecule has 27 heavy (non-hydrogen) atoms. The Bertz CT molecular complexity index is 896. The van der Waals surface area contributed by atoms with E-state index in [0.717, 1.165) is 18.3 Å². The van der Waals surface area contributed by atoms with Crippen LogP contribution in [0.3, 0.4) is 0 Å². The fourth-order valence-electron chi connectivity index (χ4n) is 2.82. The van der Waals surface area contributed by atoms with Crippen LogP contribution in [0.4, 0.5) is 24.5 Å². The van der Waals surface area contributed by atoms with Gasteiger partial charge in [0.25, 0.3) is 5.91 Å². The minimum absolute atomic E-state index is 0.182. The quantitative estimate of drug-likeness (QED) is 0.687. The van der Waals surface area contributed by atoms with Gasteiger partial charge in [-0.3, -0.25) is 4.79 Å². The average molecular weight is 398 g/mol. The van der Waals surface area contributed by atoms with E-state index in [2.05, 4.69) is 5.32 Å². The SMILES string of the molecule is N=Cc1ccc(N2CC(O)C2)cc1NC(=O)c1c(Cl)cccc1C(F)(F)F. The molecule has 3 rings (SSSR count). The third kappa shape index (κ3) is 3.91. The molecule has 2 aromatic carbocycles. The summed E-state index contributed by atoms with van der Waals surface area (Å²) in [4.78, 5) is 14.4. The van der Waals surface area contributed by atoms with E-state index < -0.39 is 29.3 Å². The molecule has 0 aliphatic carbocycles. The maximum absolute atomic E-state index is 13.2. The Hall–Kier alpha value is -2.58. The number of rotatable bonds is 4. The van der Waals surface area contributed by atoms with Gasteiger partial charge in [-0.25, -0.2) is 0 Å². The van der Waals surface area contributed by atoms with Gasteiger partial charge >= 0.3 is 6.18 Å². The van der Waals surface area contributed by atoms with Gasteiger partial charge < -0.3 is 20.7 Å². The Morgan fingerprint density at radius 1 is 1.30 bits per heavy atom. The fourth-order valence-corrected chi connectivity index (χ4v) is 3.08. The van der Waals surface area contributed by atoms with Crippen LogP contribution in [0.1, 0.15) is 21.5 Å². The Morgan fingerprint density at radius 3 is 2.59 bits per heavy atom. The lowest BCUT2D eigenvalue weighted by Crippen LogP contribution is -2.50. The topological polar surface area (TPSA) is 76.4 Å². The summed E-state index contributed by atoms with van der Waals surface area (Å²) < 4.78 is 39.7. The van der Waals surface area contributed by atoms with Crippen LogP contribution < -0.4 is 10.2 Å². The molecule has 0 unspecified atom stereocenters. The predicted octanol–water partition coefficient (Wildman–Crippen LogP) is 3.79. The van der Waals surface area contributed by atoms with Crippen LogP contribution in [0.25, 0.3) is 0 Å². The Kier molecular flexibility index (Phi) is 5.12. The van der Waals surface area contributed by atoms with Crippen molar-refractivity contribution in [1.82, 2.24) is 0 Å². The zero-order valence-corrected chi connectivity index (χ0v) is 14.6. The molecular weight excluding hydrogens is 383 g/mol. The zero-order chi connectivity index (χ0) is 19.8. The number of aliphatic hydroxyl groups is 1. The van der Waals surface area contributed by atoms with Crippen molar-refractivity contribution in [2.45, 2.75) is 12.3 Å². The van der Waals surface area contributed by atoms with E-state index in [4.69, 9.17) is 17.0 Å². The first-order chi connectivity index (χ1) is 12.7. The van der Waals surface area contributed by atoms with Crippen molar-refractivity contribution >= 4 is 35.1 Å². The van der Waals surface area contributed by atoms with Crippen LogP contribution in [0.2, 0.25) is 5.02 Å². The lowest BCUT2D eigenvalue weighted by molar-refractivity contribution is -0.137. The van der Waals surface area contributed by atoms with E-state index >= 15 is 0 Å². The maximum Gasteiger partial charge on any atom is 0.417 e. The van der Waals surface area contributed by atoms with Gasteiger partial charge in [-0.05, 0) is 30.3 Å². The molecule has 0 spiro atoms. The smallest absolute Gasteiger partial charge is 0.389 e. The van der Waals surface area contributed by atoms with Gasteiger partial charge in [-0.15, -0.1) is 0 Å². The summed E-state index contributed by atoms with van der Waals surface area (Å²) in [5.74, 6) is -1.02. The largest absolute Gasteiger partial charge is 0.417 e. The number of nitrogens with one attached hydrogen (secondary N) is 2. The summed E-state index contributed by atoms with van der Waals surface area (Å²) in [7, 11) is 0. The van der Waals surface area contributed by atoms with E-state index in [1.807, 2.05) is 4.90 Å². The molecule has 1 amide bonds. The summed E-state index contributed by atoms with van der Waals surface area (Å²) in [5.41, 5.74) is -0.620. The number of halogens is 4. The van der Waals surface area contributed by atoms with E-state index in [1.165, 1.54) is 6.07 Å². The van der Waals surface area contributed by atoms with Gasteiger partial charge in [0.15, 0.2) is 0 Å². The van der Waals surface area contributed by atoms with Crippen molar-refractivity contribution in [2.24, 2.45) is 0 Å². The van der Waals surface area contributed by atoms with Crippen molar-refractivity contribution in [3.8, 4) is 0 Å². The zero-order valence-electron chi connectivity index (χ0n) is 13.8. The second-order valence-electron chi connectivity index (χ2n) is 6.09. The molecule has 1 aliphatic rings. The van der Waals surface area contributed by atoms with Crippen LogP contribution in [-0.2, 0) is 6.18 Å². The number of hydrogen-bond acceptors (Lipinski definition) is 4. The monoisotopic (exact) mass is 397 g/mol. The first-order valence-corrected chi connectivity index (χ1v) is 8.33. The third-order valence-corrected chi connectivity index (χ3v) is 4.53. The second kappa shape index (κ2) is 7.21. The third-order valence-electron chi connectivity index (χ3n) is 4.21. The van der Waals surface area contributed by atoms with Crippen LogP contribution in [0, 0.1) is 5.41 Å². The molecule has 1 fully saturated rings. The standard InChI is InChI=1S/C18H15ClF3N3O2/c19-14-3-1-2-13(18(20,21)22)16(14)17(27)24-15-6-11(5-4-10(15)7-23)25-8-12(26)9-25/h1-7,12,23,26H,8-9H2,(H,24,27). The van der Waals surface area contributed by atoms with Gasteiger partial charge in [-0.2, -0.15) is 13.2 Å². The Morgan fingerprint density at radius 2 is 2.00 bits per heavy atom. The number of hydrogen-bond donors (Lipinski definition) is 3. The highest BCUT2D eigenvalue weighted by atomic mass is 35.5. The van der Waals surface area contributed by atoms with Gasteiger partial charge in [0, 0.05) is 30.6 Å². The van der Waals surface area contributed by atoms with Crippen LogP contribution in [0.5, 0.6) is 0 Å². The predicted molar refractivity (Wildman–Crippen MR) is 97.0 cm³/mol. The van der Waals surface area contributed by atoms with Crippen LogP contribution >= 0.6 is 11.6 Å². The van der Waals surface area contributed by atoms with Crippen LogP contribution in [-0.4, -0.2) is 36.4 Å². The van der Waals surface area contributed by atoms with Gasteiger partial charge in [0.2, 0.25) is 0 Å². The number of carbonyl (C=O) groups is 1. The van der Waals surface area contributed by atoms with Crippen molar-refractivity contribution < 1.29 is 23.1 Å². The lowest BCUT2D eigenvalue weighted by Gasteiger charge is -2.38. The van der Waals surface area contributed by atoms with Crippen LogP contribution in [0.15, 0.2) is 36.4 Å². The van der Waals surface area contributed by atoms with E-state index in [1.54, 1.807) is 18.2 Å². The highest BCUT2D eigenvalue weighted by Crippen LogP contribution is 2.36. The number of aliphatic hydroxyl groups excluding tert-OH is 1. The van der Waals surface area contributed by atoms with Crippen molar-refractivity contribution in [1.29, 1.82) is 5.41 Å². The molecule has 0 radical (unpaired) electrons. The number of carbonyl (C=O) groups excluding carboxylic acids is 1. The molecule has 9 heteroatoms. The highest BCUT2D eigenvalue weighted by Gasteiger charge is 2.36. The maximum atomic E-state index is 13.2. The summed E-state index contributed by atoms with van der Waals surface area (Å²) in [6.45, 7) is 0.833. The summed E-state index contributed by atoms with van der Waals surface area (Å²) in [5, 5.41) is 19.0. The minimum Gasteiger partial charge on any atom is -0.389 e. The molecule has 1 aliphatic heterocycles. The van der Waals surface area contributed by atoms with Gasteiger partial charge in [0.05, 0.1) is 27.9 Å². The molecule has 3 N–H and O–H groups in total. The summed E-state index contributed by atoms with van der Waals surface area (Å²) in [6.07, 6.45) is -4.19. The number of nitrogens with zero attached hydrogens (tertiary/aromatic N) is 1. The highest BCUT2D eigenvalue weighted by molar-refractivity contribution is 6.34. The van der Waals surface area contributed by atoms with E-state index in [-0.39, 0.29) is 10.7 Å². The number of alkyl halides is 3. The number of benzene rings is 2. The lowest BCUT2D eigenvalue weighted by atomic mass is 10.0. The molecule has 0 saturated carbocycles. The van der Waals surface area contributed by atoms with Crippen molar-refractivity contribution in [3.63, 3.8) is 0 Å². The second-order valence-corrected chi connectivity index (χ2v) is 6.50. The number of anilines is 2. The molecule has 142 valence electrons. The normalized spacial score (nSPS) is 14.6. The number of β-amino-alcohol motifs (C(OH)–C–C–N with tert-alkyl or cyclic N) is 1. The first-order valence-electron chi connectivity index (χ1n) is 7.95. The molecule has 1 saturated heterocycles. The first kappa shape index (κ1) is 19.2. The minimum atomic E-state index is -4.74. The van der Waals surface area contributed by atoms with Crippen molar-refractivity contribution in [3.05, 3.63) is 58.1 Å². The molecular formula is C18H15ClF3N3O2.